The van der Waals surface area contributed by atoms with Crippen LogP contribution in [0.3, 0.4) is 0 Å². The van der Waals surface area contributed by atoms with Crippen molar-refractivity contribution in [2.75, 3.05) is 0 Å². The molecule has 2 rings (SSSR count). The van der Waals surface area contributed by atoms with Crippen molar-refractivity contribution < 1.29 is 18.0 Å². The second-order valence-corrected chi connectivity index (χ2v) is 3.09. The van der Waals surface area contributed by atoms with Gasteiger partial charge in [0, 0.05) is 13.2 Å². The highest BCUT2D eigenvalue weighted by atomic mass is 19.3. The molecule has 2 heterocycles. The minimum absolute atomic E-state index is 0.0366. The Kier molecular flexibility index (Phi) is 2.51. The summed E-state index contributed by atoms with van der Waals surface area (Å²) < 4.78 is 31.3. The fourth-order valence-corrected chi connectivity index (χ4v) is 1.24. The van der Waals surface area contributed by atoms with Crippen LogP contribution in [0.1, 0.15) is 22.7 Å². The summed E-state index contributed by atoms with van der Waals surface area (Å²) in [6, 6.07) is 0. The summed E-state index contributed by atoms with van der Waals surface area (Å²) in [5.74, 6) is -0.487. The molecule has 0 atom stereocenters. The second-order valence-electron chi connectivity index (χ2n) is 3.09. The Morgan fingerprint density at radius 3 is 2.75 bits per heavy atom. The highest BCUT2D eigenvalue weighted by molar-refractivity contribution is 5.73. The summed E-state index contributed by atoms with van der Waals surface area (Å²) in [5, 5.41) is 3.84. The van der Waals surface area contributed by atoms with E-state index < -0.39 is 17.9 Å². The average molecular weight is 227 g/mol. The topological polar surface area (TPSA) is 60.9 Å². The van der Waals surface area contributed by atoms with E-state index >= 15 is 0 Å². The van der Waals surface area contributed by atoms with Gasteiger partial charge < -0.3 is 4.42 Å². The van der Waals surface area contributed by atoms with Crippen LogP contribution < -0.4 is 0 Å². The van der Waals surface area contributed by atoms with Gasteiger partial charge in [0.25, 0.3) is 6.43 Å². The predicted molar refractivity (Wildman–Crippen MR) is 49.0 cm³/mol. The highest BCUT2D eigenvalue weighted by Gasteiger charge is 2.22. The van der Waals surface area contributed by atoms with Crippen LogP contribution in [-0.2, 0) is 7.05 Å². The number of nitrogens with zero attached hydrogens (tertiary/aromatic N) is 3. The molecular formula is C9H7F2N3O2. The molecule has 7 heteroatoms. The van der Waals surface area contributed by atoms with Crippen molar-refractivity contribution in [1.29, 1.82) is 0 Å². The lowest BCUT2D eigenvalue weighted by molar-refractivity contribution is 0.107. The number of aldehydes is 1. The molecular weight excluding hydrogens is 220 g/mol. The lowest BCUT2D eigenvalue weighted by atomic mass is 10.3. The van der Waals surface area contributed by atoms with Crippen LogP contribution in [0.2, 0.25) is 0 Å². The normalized spacial score (nSPS) is 11.0. The summed E-state index contributed by atoms with van der Waals surface area (Å²) in [4.78, 5) is 14.1. The fourth-order valence-electron chi connectivity index (χ4n) is 1.24. The molecule has 0 N–H and O–H groups in total. The molecule has 0 fully saturated rings. The standard InChI is InChI=1S/C9H7F2N3O2/c1-14-3-5(2-12-14)9-13-7(8(10)11)6(4-15)16-9/h2-4,8H,1H3. The van der Waals surface area contributed by atoms with E-state index in [1.165, 1.54) is 10.9 Å². The van der Waals surface area contributed by atoms with E-state index in [1.807, 2.05) is 0 Å². The molecule has 0 amide bonds. The molecule has 0 saturated heterocycles. The van der Waals surface area contributed by atoms with Crippen molar-refractivity contribution in [3.63, 3.8) is 0 Å². The number of halogens is 2. The number of carbonyl (C=O) groups excluding carboxylic acids is 1. The van der Waals surface area contributed by atoms with Gasteiger partial charge in [-0.3, -0.25) is 9.48 Å². The molecule has 0 aliphatic carbocycles. The minimum Gasteiger partial charge on any atom is -0.433 e. The van der Waals surface area contributed by atoms with Crippen LogP contribution in [0.15, 0.2) is 16.8 Å². The van der Waals surface area contributed by atoms with Crippen LogP contribution in [0.4, 0.5) is 8.78 Å². The highest BCUT2D eigenvalue weighted by Crippen LogP contribution is 2.26. The molecule has 2 aromatic rings. The summed E-state index contributed by atoms with van der Waals surface area (Å²) in [7, 11) is 1.67. The van der Waals surface area contributed by atoms with E-state index in [0.29, 0.717) is 5.56 Å². The fraction of sp³-hybridized carbons (Fsp3) is 0.222. The van der Waals surface area contributed by atoms with Gasteiger partial charge in [-0.25, -0.2) is 13.8 Å². The summed E-state index contributed by atoms with van der Waals surface area (Å²) in [5.41, 5.74) is -0.202. The van der Waals surface area contributed by atoms with Crippen molar-refractivity contribution in [1.82, 2.24) is 14.8 Å². The van der Waals surface area contributed by atoms with Crippen LogP contribution in [0, 0.1) is 0 Å². The van der Waals surface area contributed by atoms with E-state index in [9.17, 15) is 13.6 Å². The summed E-state index contributed by atoms with van der Waals surface area (Å²) in [6.45, 7) is 0. The maximum Gasteiger partial charge on any atom is 0.284 e. The third-order valence-corrected chi connectivity index (χ3v) is 1.95. The van der Waals surface area contributed by atoms with Crippen molar-refractivity contribution in [3.05, 3.63) is 23.8 Å². The number of alkyl halides is 2. The Bertz CT molecular complexity index is 519. The SMILES string of the molecule is Cn1cc(-c2nc(C(F)F)c(C=O)o2)cn1. The number of hydrogen-bond donors (Lipinski definition) is 0. The monoisotopic (exact) mass is 227 g/mol. The van der Waals surface area contributed by atoms with E-state index in [4.69, 9.17) is 4.42 Å². The van der Waals surface area contributed by atoms with Gasteiger partial charge in [-0.05, 0) is 0 Å². The van der Waals surface area contributed by atoms with Crippen molar-refractivity contribution in [3.8, 4) is 11.5 Å². The molecule has 16 heavy (non-hydrogen) atoms. The van der Waals surface area contributed by atoms with Crippen molar-refractivity contribution >= 4 is 6.29 Å². The zero-order valence-electron chi connectivity index (χ0n) is 8.22. The number of rotatable bonds is 3. The molecule has 0 aliphatic rings. The Morgan fingerprint density at radius 2 is 2.31 bits per heavy atom. The minimum atomic E-state index is -2.84. The van der Waals surface area contributed by atoms with Crippen molar-refractivity contribution in [2.24, 2.45) is 7.05 Å². The smallest absolute Gasteiger partial charge is 0.284 e. The Labute approximate surface area is 88.7 Å². The molecule has 0 saturated carbocycles. The van der Waals surface area contributed by atoms with Gasteiger partial charge >= 0.3 is 0 Å². The van der Waals surface area contributed by atoms with Crippen LogP contribution in [-0.4, -0.2) is 21.1 Å². The van der Waals surface area contributed by atoms with E-state index in [-0.39, 0.29) is 12.2 Å². The first-order valence-corrected chi connectivity index (χ1v) is 4.35. The number of aryl methyl sites for hydroxylation is 1. The summed E-state index contributed by atoms with van der Waals surface area (Å²) >= 11 is 0. The van der Waals surface area contributed by atoms with Crippen LogP contribution in [0.25, 0.3) is 11.5 Å². The maximum atomic E-state index is 12.4. The van der Waals surface area contributed by atoms with Gasteiger partial charge in [-0.1, -0.05) is 0 Å². The quantitative estimate of drug-likeness (QED) is 0.750. The Hall–Kier alpha value is -2.05. The van der Waals surface area contributed by atoms with Gasteiger partial charge in [0.05, 0.1) is 11.8 Å². The number of hydrogen-bond acceptors (Lipinski definition) is 4. The van der Waals surface area contributed by atoms with Crippen molar-refractivity contribution in [2.45, 2.75) is 6.43 Å². The van der Waals surface area contributed by atoms with Crippen LogP contribution >= 0.6 is 0 Å². The molecule has 0 radical (unpaired) electrons. The second kappa shape index (κ2) is 3.84. The molecule has 0 bridgehead atoms. The molecule has 0 aromatic carbocycles. The molecule has 2 aromatic heterocycles. The van der Waals surface area contributed by atoms with Gasteiger partial charge in [-0.2, -0.15) is 5.10 Å². The first-order chi connectivity index (χ1) is 7.61. The van der Waals surface area contributed by atoms with Gasteiger partial charge in [0.2, 0.25) is 5.89 Å². The molecule has 84 valence electrons. The lowest BCUT2D eigenvalue weighted by Crippen LogP contribution is -1.89. The molecule has 0 aliphatic heterocycles. The zero-order valence-corrected chi connectivity index (χ0v) is 8.22. The van der Waals surface area contributed by atoms with E-state index in [0.717, 1.165) is 0 Å². The molecule has 0 spiro atoms. The third-order valence-electron chi connectivity index (χ3n) is 1.95. The Morgan fingerprint density at radius 1 is 1.56 bits per heavy atom. The molecule has 0 unspecified atom stereocenters. The first-order valence-electron chi connectivity index (χ1n) is 4.35. The number of carbonyl (C=O) groups is 1. The number of oxazole rings is 1. The maximum absolute atomic E-state index is 12.4. The zero-order chi connectivity index (χ0) is 11.7. The largest absolute Gasteiger partial charge is 0.433 e. The third kappa shape index (κ3) is 1.71. The summed E-state index contributed by atoms with van der Waals surface area (Å²) in [6.07, 6.45) is 0.342. The number of aromatic nitrogens is 3. The predicted octanol–water partition coefficient (Wildman–Crippen LogP) is 1.83. The van der Waals surface area contributed by atoms with Gasteiger partial charge in [0.1, 0.15) is 0 Å². The Balaban J connectivity index is 2.47. The first kappa shape index (κ1) is 10.5. The average Bonchev–Trinajstić information content (AvgIpc) is 2.82. The van der Waals surface area contributed by atoms with Crippen LogP contribution in [0.5, 0.6) is 0 Å². The van der Waals surface area contributed by atoms with E-state index in [2.05, 4.69) is 10.1 Å². The van der Waals surface area contributed by atoms with Gasteiger partial charge in [-0.15, -0.1) is 0 Å². The van der Waals surface area contributed by atoms with Gasteiger partial charge in [0.15, 0.2) is 17.7 Å². The molecule has 5 nitrogen and oxygen atoms in total. The lowest BCUT2D eigenvalue weighted by Gasteiger charge is -1.89. The van der Waals surface area contributed by atoms with E-state index in [1.54, 1.807) is 13.2 Å².